The van der Waals surface area contributed by atoms with Gasteiger partial charge in [0.1, 0.15) is 0 Å². The fourth-order valence-corrected chi connectivity index (χ4v) is 1.72. The Labute approximate surface area is 95.0 Å². The number of aliphatic carboxylic acids is 1. The molecule has 0 saturated carbocycles. The Bertz CT molecular complexity index is 359. The highest BCUT2D eigenvalue weighted by atomic mass is 16.5. The number of ether oxygens (including phenoxy) is 1. The predicted molar refractivity (Wildman–Crippen MR) is 59.2 cm³/mol. The summed E-state index contributed by atoms with van der Waals surface area (Å²) in [6.45, 7) is 5.36. The van der Waals surface area contributed by atoms with Crippen molar-refractivity contribution in [3.8, 4) is 0 Å². The van der Waals surface area contributed by atoms with Crippen molar-refractivity contribution < 1.29 is 14.6 Å². The first kappa shape index (κ1) is 12.7. The fraction of sp³-hybridized carbons (Fsp3) is 0.636. The minimum Gasteiger partial charge on any atom is -0.479 e. The summed E-state index contributed by atoms with van der Waals surface area (Å²) in [5.74, 6) is -0.915. The zero-order chi connectivity index (χ0) is 12.4. The minimum absolute atomic E-state index is 0.341. The van der Waals surface area contributed by atoms with Gasteiger partial charge in [0, 0.05) is 25.9 Å². The normalized spacial score (nSPS) is 15.8. The van der Waals surface area contributed by atoms with Crippen LogP contribution in [-0.4, -0.2) is 33.6 Å². The quantitative estimate of drug-likeness (QED) is 0.826. The van der Waals surface area contributed by atoms with Crippen molar-refractivity contribution in [1.82, 2.24) is 9.78 Å². The molecule has 1 N–H and O–H groups in total. The van der Waals surface area contributed by atoms with Gasteiger partial charge in [0.15, 0.2) is 5.54 Å². The Morgan fingerprint density at radius 3 is 2.50 bits per heavy atom. The SMILES string of the molecule is COC(C)(C)CC(C)(C(=O)O)n1cccn1. The van der Waals surface area contributed by atoms with E-state index >= 15 is 0 Å². The second kappa shape index (κ2) is 4.25. The van der Waals surface area contributed by atoms with E-state index in [-0.39, 0.29) is 0 Å². The van der Waals surface area contributed by atoms with E-state index in [0.29, 0.717) is 6.42 Å². The van der Waals surface area contributed by atoms with Gasteiger partial charge >= 0.3 is 5.97 Å². The third kappa shape index (κ3) is 2.41. The van der Waals surface area contributed by atoms with Crippen LogP contribution >= 0.6 is 0 Å². The van der Waals surface area contributed by atoms with Crippen molar-refractivity contribution in [1.29, 1.82) is 0 Å². The molecular formula is C11H18N2O3. The van der Waals surface area contributed by atoms with Gasteiger partial charge in [-0.25, -0.2) is 4.79 Å². The van der Waals surface area contributed by atoms with Crippen molar-refractivity contribution in [3.63, 3.8) is 0 Å². The molecule has 0 amide bonds. The maximum Gasteiger partial charge on any atom is 0.331 e. The standard InChI is InChI=1S/C11H18N2O3/c1-10(2,16-4)8-11(3,9(14)15)13-7-5-6-12-13/h5-7H,8H2,1-4H3,(H,14,15). The van der Waals surface area contributed by atoms with Gasteiger partial charge in [0.05, 0.1) is 5.60 Å². The summed E-state index contributed by atoms with van der Waals surface area (Å²) in [6, 6.07) is 1.71. The first-order chi connectivity index (χ1) is 7.32. The van der Waals surface area contributed by atoms with Crippen LogP contribution in [0.3, 0.4) is 0 Å². The maximum absolute atomic E-state index is 11.4. The molecule has 1 rings (SSSR count). The highest BCUT2D eigenvalue weighted by Gasteiger charge is 2.41. The molecule has 0 radical (unpaired) electrons. The van der Waals surface area contributed by atoms with E-state index in [1.807, 2.05) is 13.8 Å². The molecule has 0 bridgehead atoms. The molecule has 5 heteroatoms. The largest absolute Gasteiger partial charge is 0.479 e. The van der Waals surface area contributed by atoms with Crippen molar-refractivity contribution in [2.75, 3.05) is 7.11 Å². The maximum atomic E-state index is 11.4. The van der Waals surface area contributed by atoms with Crippen LogP contribution in [-0.2, 0) is 15.1 Å². The Kier molecular flexibility index (Phi) is 3.38. The number of nitrogens with zero attached hydrogens (tertiary/aromatic N) is 2. The van der Waals surface area contributed by atoms with E-state index in [0.717, 1.165) is 0 Å². The van der Waals surface area contributed by atoms with E-state index in [1.54, 1.807) is 32.5 Å². The van der Waals surface area contributed by atoms with E-state index in [1.165, 1.54) is 4.68 Å². The van der Waals surface area contributed by atoms with Gasteiger partial charge in [-0.05, 0) is 26.8 Å². The zero-order valence-corrected chi connectivity index (χ0v) is 10.1. The number of methoxy groups -OCH3 is 1. The summed E-state index contributed by atoms with van der Waals surface area (Å²) in [5, 5.41) is 13.4. The Morgan fingerprint density at radius 2 is 2.12 bits per heavy atom. The lowest BCUT2D eigenvalue weighted by Crippen LogP contribution is -2.45. The molecule has 0 spiro atoms. The predicted octanol–water partition coefficient (Wildman–Crippen LogP) is 1.50. The summed E-state index contributed by atoms with van der Waals surface area (Å²) in [7, 11) is 1.57. The molecule has 5 nitrogen and oxygen atoms in total. The van der Waals surface area contributed by atoms with E-state index in [9.17, 15) is 9.90 Å². The van der Waals surface area contributed by atoms with Crippen LogP contribution in [0.5, 0.6) is 0 Å². The van der Waals surface area contributed by atoms with Gasteiger partial charge in [-0.2, -0.15) is 5.10 Å². The first-order valence-electron chi connectivity index (χ1n) is 5.10. The zero-order valence-electron chi connectivity index (χ0n) is 10.1. The van der Waals surface area contributed by atoms with Gasteiger partial charge in [-0.1, -0.05) is 0 Å². The lowest BCUT2D eigenvalue weighted by atomic mass is 9.88. The second-order valence-corrected chi connectivity index (χ2v) is 4.67. The van der Waals surface area contributed by atoms with Crippen LogP contribution in [0, 0.1) is 0 Å². The van der Waals surface area contributed by atoms with Crippen LogP contribution in [0.25, 0.3) is 0 Å². The Balaban J connectivity index is 3.04. The van der Waals surface area contributed by atoms with Crippen molar-refractivity contribution in [3.05, 3.63) is 18.5 Å². The van der Waals surface area contributed by atoms with Crippen LogP contribution in [0.2, 0.25) is 0 Å². The average Bonchev–Trinajstić information content (AvgIpc) is 2.70. The molecule has 0 fully saturated rings. The molecule has 1 aromatic rings. The number of rotatable bonds is 5. The molecular weight excluding hydrogens is 208 g/mol. The molecule has 0 aliphatic heterocycles. The summed E-state index contributed by atoms with van der Waals surface area (Å²) >= 11 is 0. The molecule has 1 heterocycles. The minimum atomic E-state index is -1.09. The Morgan fingerprint density at radius 1 is 1.50 bits per heavy atom. The highest BCUT2D eigenvalue weighted by molar-refractivity contribution is 5.76. The third-order valence-electron chi connectivity index (χ3n) is 2.79. The van der Waals surface area contributed by atoms with Gasteiger partial charge in [-0.15, -0.1) is 0 Å². The van der Waals surface area contributed by atoms with E-state index < -0.39 is 17.1 Å². The van der Waals surface area contributed by atoms with Gasteiger partial charge in [0.2, 0.25) is 0 Å². The fourth-order valence-electron chi connectivity index (χ4n) is 1.72. The molecule has 1 aromatic heterocycles. The number of carboxylic acid groups (broad SMARTS) is 1. The first-order valence-corrected chi connectivity index (χ1v) is 5.10. The average molecular weight is 226 g/mol. The highest BCUT2D eigenvalue weighted by Crippen LogP contribution is 2.29. The van der Waals surface area contributed by atoms with Gasteiger partial charge < -0.3 is 9.84 Å². The van der Waals surface area contributed by atoms with E-state index in [2.05, 4.69) is 5.10 Å². The monoisotopic (exact) mass is 226 g/mol. The molecule has 90 valence electrons. The summed E-state index contributed by atoms with van der Waals surface area (Å²) < 4.78 is 6.73. The molecule has 0 aromatic carbocycles. The lowest BCUT2D eigenvalue weighted by molar-refractivity contribution is -0.151. The van der Waals surface area contributed by atoms with Crippen molar-refractivity contribution in [2.24, 2.45) is 0 Å². The summed E-state index contributed by atoms with van der Waals surface area (Å²) in [4.78, 5) is 11.4. The number of hydrogen-bond acceptors (Lipinski definition) is 3. The molecule has 1 unspecified atom stereocenters. The topological polar surface area (TPSA) is 64.3 Å². The van der Waals surface area contributed by atoms with Gasteiger partial charge in [0.25, 0.3) is 0 Å². The van der Waals surface area contributed by atoms with Crippen LogP contribution in [0.4, 0.5) is 0 Å². The summed E-state index contributed by atoms with van der Waals surface area (Å²) in [5.41, 5.74) is -1.61. The number of carboxylic acids is 1. The van der Waals surface area contributed by atoms with Crippen LogP contribution < -0.4 is 0 Å². The smallest absolute Gasteiger partial charge is 0.331 e. The van der Waals surface area contributed by atoms with Crippen molar-refractivity contribution >= 4 is 5.97 Å². The number of aromatic nitrogens is 2. The Hall–Kier alpha value is -1.36. The third-order valence-corrected chi connectivity index (χ3v) is 2.79. The lowest BCUT2D eigenvalue weighted by Gasteiger charge is -2.33. The number of hydrogen-bond donors (Lipinski definition) is 1. The molecule has 1 atom stereocenters. The molecule has 0 aliphatic rings. The summed E-state index contributed by atoms with van der Waals surface area (Å²) in [6.07, 6.45) is 3.56. The van der Waals surface area contributed by atoms with Crippen molar-refractivity contribution in [2.45, 2.75) is 38.3 Å². The van der Waals surface area contributed by atoms with Crippen LogP contribution in [0.15, 0.2) is 18.5 Å². The molecule has 0 saturated heterocycles. The van der Waals surface area contributed by atoms with E-state index in [4.69, 9.17) is 4.74 Å². The van der Waals surface area contributed by atoms with Crippen LogP contribution in [0.1, 0.15) is 27.2 Å². The number of carbonyl (C=O) groups is 1. The second-order valence-electron chi connectivity index (χ2n) is 4.67. The van der Waals surface area contributed by atoms with Gasteiger partial charge in [-0.3, -0.25) is 4.68 Å². The molecule has 16 heavy (non-hydrogen) atoms. The molecule has 0 aliphatic carbocycles.